The first kappa shape index (κ1) is 23.3. The molecule has 4 aromatic rings. The predicted octanol–water partition coefficient (Wildman–Crippen LogP) is 6.17. The van der Waals surface area contributed by atoms with Crippen molar-refractivity contribution in [1.29, 1.82) is 0 Å². The highest BCUT2D eigenvalue weighted by Gasteiger charge is 2.28. The molecule has 4 aromatic carbocycles. The summed E-state index contributed by atoms with van der Waals surface area (Å²) >= 11 is 0. The highest BCUT2D eigenvalue weighted by atomic mass is 31.4. The van der Waals surface area contributed by atoms with E-state index in [4.69, 9.17) is 0 Å². The summed E-state index contributed by atoms with van der Waals surface area (Å²) in [6, 6.07) is 29.4. The van der Waals surface area contributed by atoms with Crippen LogP contribution >= 0.6 is 7.47 Å². The third kappa shape index (κ3) is 5.05. The first-order valence-corrected chi connectivity index (χ1v) is 14.4. The van der Waals surface area contributed by atoms with Gasteiger partial charge in [0.05, 0.1) is 0 Å². The van der Waals surface area contributed by atoms with Crippen LogP contribution in [0.3, 0.4) is 0 Å². The quantitative estimate of drug-likeness (QED) is 0.262. The summed E-state index contributed by atoms with van der Waals surface area (Å²) in [6.07, 6.45) is 0. The zero-order valence-corrected chi connectivity index (χ0v) is 21.4. The van der Waals surface area contributed by atoms with Gasteiger partial charge in [-0.3, -0.25) is 0 Å². The lowest BCUT2D eigenvalue weighted by atomic mass is 10.0. The molecule has 2 N–H and O–H groups in total. The van der Waals surface area contributed by atoms with Crippen LogP contribution in [0.15, 0.2) is 84.9 Å². The van der Waals surface area contributed by atoms with Gasteiger partial charge in [-0.25, -0.2) is 0 Å². The summed E-state index contributed by atoms with van der Waals surface area (Å²) in [6.45, 7) is 8.05. The summed E-state index contributed by atoms with van der Waals surface area (Å²) in [4.78, 5) is 0. The number of phenolic OH excluding ortho intramolecular Hbond substituents is 2. The van der Waals surface area contributed by atoms with Crippen LogP contribution in [-0.2, 0) is 0 Å². The largest absolute Gasteiger partial charge is 0.507 e. The molecule has 4 heteroatoms. The molecule has 0 unspecified atom stereocenters. The van der Waals surface area contributed by atoms with Gasteiger partial charge in [-0.05, 0) is 73.2 Å². The molecule has 0 amide bonds. The lowest BCUT2D eigenvalue weighted by Crippen LogP contribution is -2.23. The lowest BCUT2D eigenvalue weighted by Gasteiger charge is -2.27. The Morgan fingerprint density at radius 3 is 1.39 bits per heavy atom. The van der Waals surface area contributed by atoms with Gasteiger partial charge in [-0.15, -0.1) is 0 Å². The van der Waals surface area contributed by atoms with Crippen LogP contribution in [0.25, 0.3) is 0 Å². The van der Waals surface area contributed by atoms with E-state index in [1.54, 1.807) is 0 Å². The summed E-state index contributed by atoms with van der Waals surface area (Å²) in [5, 5.41) is 24.2. The molecular formula is C29H29O2PSi. The van der Waals surface area contributed by atoms with E-state index in [0.717, 1.165) is 32.9 Å². The van der Waals surface area contributed by atoms with E-state index >= 15 is 0 Å². The minimum absolute atomic E-state index is 0.166. The first-order chi connectivity index (χ1) is 15.8. The highest BCUT2D eigenvalue weighted by Crippen LogP contribution is 2.45. The summed E-state index contributed by atoms with van der Waals surface area (Å²) < 4.78 is 0. The summed E-state index contributed by atoms with van der Waals surface area (Å²) in [7, 11) is -0.569. The van der Waals surface area contributed by atoms with Crippen molar-refractivity contribution in [2.45, 2.75) is 33.2 Å². The maximum atomic E-state index is 11.2. The Morgan fingerprint density at radius 1 is 0.606 bits per heavy atom. The first-order valence-electron chi connectivity index (χ1n) is 11.1. The van der Waals surface area contributed by atoms with Gasteiger partial charge >= 0.3 is 0 Å². The lowest BCUT2D eigenvalue weighted by molar-refractivity contribution is 0.475. The van der Waals surface area contributed by atoms with Crippen molar-refractivity contribution >= 4 is 27.3 Å². The van der Waals surface area contributed by atoms with Crippen LogP contribution in [0.2, 0.25) is 0 Å². The molecule has 0 saturated heterocycles. The molecule has 4 rings (SSSR count). The molecule has 0 fully saturated rings. The number of aryl methyl sites for hydroxylation is 4. The number of hydrogen-bond donors (Lipinski definition) is 2. The zero-order chi connectivity index (χ0) is 23.5. The highest BCUT2D eigenvalue weighted by molar-refractivity contribution is 7.97. The normalized spacial score (nSPS) is 11.3. The molecule has 0 aliphatic heterocycles. The van der Waals surface area contributed by atoms with Crippen molar-refractivity contribution in [3.63, 3.8) is 0 Å². The van der Waals surface area contributed by atoms with Gasteiger partial charge < -0.3 is 10.2 Å². The molecule has 0 saturated carbocycles. The molecule has 0 spiro atoms. The summed E-state index contributed by atoms with van der Waals surface area (Å²) in [5.41, 5.74) is 6.67. The molecule has 0 heterocycles. The van der Waals surface area contributed by atoms with Crippen molar-refractivity contribution in [3.05, 3.63) is 118 Å². The number of aromatic hydroxyl groups is 2. The monoisotopic (exact) mass is 468 g/mol. The third-order valence-electron chi connectivity index (χ3n) is 5.86. The van der Waals surface area contributed by atoms with E-state index in [2.05, 4.69) is 74.5 Å². The number of rotatable bonds is 6. The summed E-state index contributed by atoms with van der Waals surface area (Å²) in [5.74, 6) is 0.690. The fraction of sp³-hybridized carbons (Fsp3) is 0.172. The molecule has 0 atom stereocenters. The van der Waals surface area contributed by atoms with Gasteiger partial charge in [0, 0.05) is 16.2 Å². The molecule has 0 aliphatic carbocycles. The Morgan fingerprint density at radius 2 is 1.00 bits per heavy atom. The van der Waals surface area contributed by atoms with E-state index in [0.29, 0.717) is 20.7 Å². The SMILES string of the molecule is Cc1cc(C)c(O)c(P([Si]C(c2ccccc2)c2ccccc2)c2cc(C)cc(C)c2O)c1. The van der Waals surface area contributed by atoms with E-state index < -0.39 is 7.47 Å². The van der Waals surface area contributed by atoms with Crippen LogP contribution in [-0.4, -0.2) is 19.4 Å². The van der Waals surface area contributed by atoms with Gasteiger partial charge in [-0.2, -0.15) is 0 Å². The predicted molar refractivity (Wildman–Crippen MR) is 142 cm³/mol. The Kier molecular flexibility index (Phi) is 7.02. The topological polar surface area (TPSA) is 40.5 Å². The zero-order valence-electron chi connectivity index (χ0n) is 19.5. The molecule has 0 aliphatic rings. The maximum Gasteiger partial charge on any atom is 0.126 e. The third-order valence-corrected chi connectivity index (χ3v) is 11.7. The van der Waals surface area contributed by atoms with Crippen molar-refractivity contribution in [3.8, 4) is 11.5 Å². The van der Waals surface area contributed by atoms with Gasteiger partial charge in [-0.1, -0.05) is 80.3 Å². The van der Waals surface area contributed by atoms with Crippen LogP contribution < -0.4 is 10.6 Å². The molecule has 166 valence electrons. The van der Waals surface area contributed by atoms with Crippen molar-refractivity contribution in [2.75, 3.05) is 0 Å². The minimum atomic E-state index is -1.02. The Labute approximate surface area is 200 Å². The standard InChI is InChI=1S/C29H29O2PSi/c1-19-15-21(3)27(30)25(17-19)32(26-18-20(2)16-22(4)28(26)31)33-29(23-11-7-5-8-12-23)24-13-9-6-10-14-24/h5-18,29-31H,1-4H3. The number of benzene rings is 4. The molecule has 2 nitrogen and oxygen atoms in total. The Bertz CT molecular complexity index is 1160. The van der Waals surface area contributed by atoms with Gasteiger partial charge in [0.15, 0.2) is 0 Å². The van der Waals surface area contributed by atoms with Gasteiger partial charge in [0.2, 0.25) is 0 Å². The fourth-order valence-corrected chi connectivity index (χ4v) is 10.7. The Hall–Kier alpha value is -2.87. The van der Waals surface area contributed by atoms with Crippen LogP contribution in [0.4, 0.5) is 0 Å². The van der Waals surface area contributed by atoms with Crippen LogP contribution in [0.1, 0.15) is 38.9 Å². The second-order valence-electron chi connectivity index (χ2n) is 8.62. The molecule has 0 bridgehead atoms. The fourth-order valence-electron chi connectivity index (χ4n) is 4.25. The van der Waals surface area contributed by atoms with E-state index in [9.17, 15) is 10.2 Å². The maximum absolute atomic E-state index is 11.2. The van der Waals surface area contributed by atoms with Gasteiger partial charge in [0.25, 0.3) is 0 Å². The average molecular weight is 469 g/mol. The number of phenols is 2. The second-order valence-corrected chi connectivity index (χ2v) is 13.2. The molecular weight excluding hydrogens is 439 g/mol. The van der Waals surface area contributed by atoms with E-state index in [1.807, 2.05) is 38.1 Å². The molecule has 2 radical (unpaired) electrons. The second kappa shape index (κ2) is 9.95. The van der Waals surface area contributed by atoms with Crippen molar-refractivity contribution in [1.82, 2.24) is 0 Å². The molecule has 0 aromatic heterocycles. The number of hydrogen-bond acceptors (Lipinski definition) is 2. The van der Waals surface area contributed by atoms with Crippen molar-refractivity contribution < 1.29 is 10.2 Å². The van der Waals surface area contributed by atoms with E-state index in [-0.39, 0.29) is 5.54 Å². The van der Waals surface area contributed by atoms with Crippen LogP contribution in [0.5, 0.6) is 11.5 Å². The van der Waals surface area contributed by atoms with Gasteiger partial charge in [0.1, 0.15) is 20.7 Å². The molecule has 33 heavy (non-hydrogen) atoms. The van der Waals surface area contributed by atoms with E-state index in [1.165, 1.54) is 11.1 Å². The van der Waals surface area contributed by atoms with Crippen LogP contribution in [0, 0.1) is 27.7 Å². The minimum Gasteiger partial charge on any atom is -0.507 e. The smallest absolute Gasteiger partial charge is 0.126 e. The average Bonchev–Trinajstić information content (AvgIpc) is 2.81. The Balaban J connectivity index is 1.93. The van der Waals surface area contributed by atoms with Crippen molar-refractivity contribution in [2.24, 2.45) is 0 Å².